The number of nitrogens with one attached hydrogen (secondary N) is 1. The van der Waals surface area contributed by atoms with E-state index >= 15 is 0 Å². The highest BCUT2D eigenvalue weighted by atomic mass is 16.5. The number of morpholine rings is 1. The molecule has 1 fully saturated rings. The van der Waals surface area contributed by atoms with E-state index in [0.717, 1.165) is 16.9 Å². The second-order valence-corrected chi connectivity index (χ2v) is 6.59. The molecule has 0 radical (unpaired) electrons. The van der Waals surface area contributed by atoms with Crippen LogP contribution in [0.4, 0.5) is 0 Å². The van der Waals surface area contributed by atoms with Gasteiger partial charge in [0.05, 0.1) is 23.7 Å². The number of imidazole rings is 1. The Bertz CT molecular complexity index is 885. The summed E-state index contributed by atoms with van der Waals surface area (Å²) in [6.45, 7) is 4.65. The molecule has 1 N–H and O–H groups in total. The second-order valence-electron chi connectivity index (χ2n) is 6.59. The lowest BCUT2D eigenvalue weighted by molar-refractivity contribution is -0.146. The predicted molar refractivity (Wildman–Crippen MR) is 93.3 cm³/mol. The van der Waals surface area contributed by atoms with Crippen LogP contribution in [0.2, 0.25) is 0 Å². The summed E-state index contributed by atoms with van der Waals surface area (Å²) in [4.78, 5) is 22.3. The van der Waals surface area contributed by atoms with Crippen molar-refractivity contribution < 1.29 is 13.9 Å². The van der Waals surface area contributed by atoms with Crippen molar-refractivity contribution in [2.75, 3.05) is 13.1 Å². The first-order valence-corrected chi connectivity index (χ1v) is 8.75. The maximum Gasteiger partial charge on any atom is 0.247 e. The molecular formula is C18H21N5O3. The van der Waals surface area contributed by atoms with Crippen LogP contribution in [0, 0.1) is 6.92 Å². The fourth-order valence-corrected chi connectivity index (χ4v) is 3.24. The van der Waals surface area contributed by atoms with Crippen LogP contribution in [-0.2, 0) is 16.0 Å². The zero-order valence-electron chi connectivity index (χ0n) is 14.8. The van der Waals surface area contributed by atoms with Gasteiger partial charge in [-0.05, 0) is 19.1 Å². The zero-order chi connectivity index (χ0) is 18.1. The number of carbonyl (C=O) groups is 1. The molecule has 2 aromatic heterocycles. The van der Waals surface area contributed by atoms with Crippen molar-refractivity contribution in [3.8, 4) is 0 Å². The number of benzene rings is 1. The second kappa shape index (κ2) is 6.87. The van der Waals surface area contributed by atoms with Crippen molar-refractivity contribution in [1.29, 1.82) is 0 Å². The van der Waals surface area contributed by atoms with Gasteiger partial charge in [-0.25, -0.2) is 4.98 Å². The van der Waals surface area contributed by atoms with Crippen molar-refractivity contribution in [2.24, 2.45) is 0 Å². The average molecular weight is 355 g/mol. The first-order valence-electron chi connectivity index (χ1n) is 8.75. The van der Waals surface area contributed by atoms with Crippen LogP contribution in [0.5, 0.6) is 0 Å². The largest absolute Gasteiger partial charge is 0.423 e. The summed E-state index contributed by atoms with van der Waals surface area (Å²) in [6.07, 6.45) is 0.498. The Morgan fingerprint density at radius 1 is 1.31 bits per heavy atom. The lowest BCUT2D eigenvalue weighted by Crippen LogP contribution is -2.46. The molecule has 0 spiro atoms. The van der Waals surface area contributed by atoms with E-state index in [4.69, 9.17) is 9.15 Å². The van der Waals surface area contributed by atoms with E-state index in [1.54, 1.807) is 11.8 Å². The minimum atomic E-state index is -0.380. The number of amides is 1. The summed E-state index contributed by atoms with van der Waals surface area (Å²) < 4.78 is 11.3. The van der Waals surface area contributed by atoms with Crippen LogP contribution in [-0.4, -0.2) is 50.2 Å². The maximum absolute atomic E-state index is 12.7. The highest BCUT2D eigenvalue weighted by Crippen LogP contribution is 2.25. The molecule has 0 bridgehead atoms. The fourth-order valence-electron chi connectivity index (χ4n) is 3.24. The fraction of sp³-hybridized carbons (Fsp3) is 0.444. The molecule has 3 aromatic rings. The van der Waals surface area contributed by atoms with E-state index in [2.05, 4.69) is 20.2 Å². The molecule has 8 nitrogen and oxygen atoms in total. The Kier molecular flexibility index (Phi) is 4.42. The predicted octanol–water partition coefficient (Wildman–Crippen LogP) is 2.18. The van der Waals surface area contributed by atoms with E-state index in [0.29, 0.717) is 37.7 Å². The van der Waals surface area contributed by atoms with Crippen LogP contribution >= 0.6 is 0 Å². The number of rotatable bonds is 4. The standard InChI is InChI=1S/C18H21N5O3/c1-11-9-23(10-15(25-11)18-22-21-12(2)26-18)17(24)8-7-16-19-13-5-3-4-6-14(13)20-16/h3-6,11,15H,7-10H2,1-2H3,(H,19,20)/t11-,15-/m1/s1. The molecule has 3 heterocycles. The number of aromatic amines is 1. The highest BCUT2D eigenvalue weighted by Gasteiger charge is 2.32. The van der Waals surface area contributed by atoms with E-state index in [9.17, 15) is 4.79 Å². The van der Waals surface area contributed by atoms with E-state index in [1.165, 1.54) is 0 Å². The SMILES string of the molecule is Cc1nnc([C@H]2CN(C(=O)CCc3nc4ccccc4[nH]3)C[C@@H](C)O2)o1. The minimum absolute atomic E-state index is 0.0712. The highest BCUT2D eigenvalue weighted by molar-refractivity contribution is 5.77. The van der Waals surface area contributed by atoms with Crippen molar-refractivity contribution in [3.63, 3.8) is 0 Å². The molecule has 1 aliphatic heterocycles. The van der Waals surface area contributed by atoms with Gasteiger partial charge in [-0.3, -0.25) is 4.79 Å². The molecule has 2 atom stereocenters. The molecule has 8 heteroatoms. The van der Waals surface area contributed by atoms with Crippen LogP contribution in [0.15, 0.2) is 28.7 Å². The number of carbonyl (C=O) groups excluding carboxylic acids is 1. The molecule has 1 amide bonds. The number of para-hydroxylation sites is 2. The summed E-state index contributed by atoms with van der Waals surface area (Å²) >= 11 is 0. The molecule has 0 saturated carbocycles. The lowest BCUT2D eigenvalue weighted by Gasteiger charge is -2.35. The van der Waals surface area contributed by atoms with Crippen molar-refractivity contribution in [1.82, 2.24) is 25.1 Å². The Hall–Kier alpha value is -2.74. The molecule has 1 saturated heterocycles. The van der Waals surface area contributed by atoms with Gasteiger partial charge >= 0.3 is 0 Å². The van der Waals surface area contributed by atoms with E-state index in [1.807, 2.05) is 31.2 Å². The normalized spacial score (nSPS) is 20.6. The number of fused-ring (bicyclic) bond motifs is 1. The Morgan fingerprint density at radius 3 is 2.92 bits per heavy atom. The molecular weight excluding hydrogens is 334 g/mol. The van der Waals surface area contributed by atoms with Crippen LogP contribution < -0.4 is 0 Å². The molecule has 4 rings (SSSR count). The van der Waals surface area contributed by atoms with E-state index in [-0.39, 0.29) is 18.1 Å². The third-order valence-corrected chi connectivity index (χ3v) is 4.44. The van der Waals surface area contributed by atoms with Gasteiger partial charge < -0.3 is 19.0 Å². The van der Waals surface area contributed by atoms with Gasteiger partial charge in [0.25, 0.3) is 0 Å². The van der Waals surface area contributed by atoms with Crippen molar-refractivity contribution >= 4 is 16.9 Å². The van der Waals surface area contributed by atoms with Gasteiger partial charge in [0.15, 0.2) is 6.10 Å². The van der Waals surface area contributed by atoms with Crippen LogP contribution in [0.1, 0.15) is 37.1 Å². The van der Waals surface area contributed by atoms with Gasteiger partial charge in [-0.15, -0.1) is 10.2 Å². The lowest BCUT2D eigenvalue weighted by atomic mass is 10.2. The number of nitrogens with zero attached hydrogens (tertiary/aromatic N) is 4. The average Bonchev–Trinajstić information content (AvgIpc) is 3.24. The first-order chi connectivity index (χ1) is 12.6. The van der Waals surface area contributed by atoms with Gasteiger partial charge in [0.2, 0.25) is 17.7 Å². The topological polar surface area (TPSA) is 97.1 Å². The third-order valence-electron chi connectivity index (χ3n) is 4.44. The molecule has 26 heavy (non-hydrogen) atoms. The van der Waals surface area contributed by atoms with Gasteiger partial charge in [-0.2, -0.15) is 0 Å². The summed E-state index contributed by atoms with van der Waals surface area (Å²) in [5.41, 5.74) is 1.91. The zero-order valence-corrected chi connectivity index (χ0v) is 14.8. The summed E-state index contributed by atoms with van der Waals surface area (Å²) in [5, 5.41) is 7.86. The Balaban J connectivity index is 1.40. The molecule has 1 aliphatic rings. The van der Waals surface area contributed by atoms with E-state index < -0.39 is 0 Å². The smallest absolute Gasteiger partial charge is 0.247 e. The number of aryl methyl sites for hydroxylation is 2. The quantitative estimate of drug-likeness (QED) is 0.770. The Morgan fingerprint density at radius 2 is 2.15 bits per heavy atom. The van der Waals surface area contributed by atoms with Crippen LogP contribution in [0.3, 0.4) is 0 Å². The summed E-state index contributed by atoms with van der Waals surface area (Å²) in [5.74, 6) is 1.81. The molecule has 0 unspecified atom stereocenters. The Labute approximate surface area is 150 Å². The number of ether oxygens (including phenoxy) is 1. The third kappa shape index (κ3) is 3.45. The minimum Gasteiger partial charge on any atom is -0.423 e. The van der Waals surface area contributed by atoms with Gasteiger partial charge in [0, 0.05) is 26.3 Å². The molecule has 0 aliphatic carbocycles. The van der Waals surface area contributed by atoms with Crippen molar-refractivity contribution in [3.05, 3.63) is 41.9 Å². The van der Waals surface area contributed by atoms with Crippen molar-refractivity contribution in [2.45, 2.75) is 38.9 Å². The number of aromatic nitrogens is 4. The van der Waals surface area contributed by atoms with Gasteiger partial charge in [0.1, 0.15) is 5.82 Å². The summed E-state index contributed by atoms with van der Waals surface area (Å²) in [6, 6.07) is 7.85. The molecule has 136 valence electrons. The first kappa shape index (κ1) is 16.7. The van der Waals surface area contributed by atoms with Gasteiger partial charge in [-0.1, -0.05) is 12.1 Å². The number of hydrogen-bond donors (Lipinski definition) is 1. The van der Waals surface area contributed by atoms with Crippen LogP contribution in [0.25, 0.3) is 11.0 Å². The maximum atomic E-state index is 12.7. The monoisotopic (exact) mass is 355 g/mol. The molecule has 1 aromatic carbocycles. The summed E-state index contributed by atoms with van der Waals surface area (Å²) in [7, 11) is 0. The number of H-pyrrole nitrogens is 1. The number of hydrogen-bond acceptors (Lipinski definition) is 6.